The van der Waals surface area contributed by atoms with Gasteiger partial charge in [-0.05, 0) is 23.3 Å². The van der Waals surface area contributed by atoms with E-state index in [2.05, 4.69) is 0 Å². The number of carbonyl (C=O) groups excluding carboxylic acids is 2. The van der Waals surface area contributed by atoms with Gasteiger partial charge in [0.15, 0.2) is 0 Å². The molecule has 0 aliphatic rings. The van der Waals surface area contributed by atoms with E-state index in [0.717, 1.165) is 5.56 Å². The Kier molecular flexibility index (Phi) is 7.68. The summed E-state index contributed by atoms with van der Waals surface area (Å²) >= 11 is 0. The van der Waals surface area contributed by atoms with Crippen LogP contribution in [0.2, 0.25) is 0 Å². The first-order chi connectivity index (χ1) is 13.3. The van der Waals surface area contributed by atoms with Crippen LogP contribution in [-0.4, -0.2) is 45.8 Å². The van der Waals surface area contributed by atoms with E-state index in [9.17, 15) is 18.8 Å². The maximum atomic E-state index is 13.0. The van der Waals surface area contributed by atoms with E-state index in [0.29, 0.717) is 12.1 Å². The Morgan fingerprint density at radius 3 is 2.04 bits per heavy atom. The summed E-state index contributed by atoms with van der Waals surface area (Å²) < 4.78 is 13.0. The van der Waals surface area contributed by atoms with Crippen LogP contribution < -0.4 is 0 Å². The average molecular weight is 386 g/mol. The number of hydrogen-bond acceptors (Lipinski definition) is 3. The molecule has 0 saturated carbocycles. The lowest BCUT2D eigenvalue weighted by Gasteiger charge is -2.24. The molecule has 0 heterocycles. The van der Waals surface area contributed by atoms with Crippen LogP contribution in [0.3, 0.4) is 0 Å². The lowest BCUT2D eigenvalue weighted by atomic mass is 10.2. The summed E-state index contributed by atoms with van der Waals surface area (Å²) in [5.74, 6) is -2.09. The second kappa shape index (κ2) is 10.2. The first-order valence-corrected chi connectivity index (χ1v) is 8.88. The van der Waals surface area contributed by atoms with Gasteiger partial charge in [-0.3, -0.25) is 14.4 Å². The highest BCUT2D eigenvalue weighted by Gasteiger charge is 2.19. The number of carboxylic acids is 1. The third-order valence-corrected chi connectivity index (χ3v) is 4.22. The summed E-state index contributed by atoms with van der Waals surface area (Å²) in [5.41, 5.74) is 1.57. The first-order valence-electron chi connectivity index (χ1n) is 8.88. The summed E-state index contributed by atoms with van der Waals surface area (Å²) in [4.78, 5) is 38.3. The number of halogens is 1. The Balaban J connectivity index is 2.01. The highest BCUT2D eigenvalue weighted by atomic mass is 19.1. The van der Waals surface area contributed by atoms with Crippen molar-refractivity contribution in [3.63, 3.8) is 0 Å². The van der Waals surface area contributed by atoms with E-state index in [1.807, 2.05) is 30.3 Å². The number of nitrogens with zero attached hydrogens (tertiary/aromatic N) is 2. The molecular formula is C21H23FN2O4. The molecule has 0 spiro atoms. The van der Waals surface area contributed by atoms with E-state index in [1.165, 1.54) is 36.1 Å². The lowest BCUT2D eigenvalue weighted by Crippen LogP contribution is -2.38. The lowest BCUT2D eigenvalue weighted by molar-refractivity contribution is -0.145. The third kappa shape index (κ3) is 6.83. The maximum Gasteiger partial charge on any atom is 0.323 e. The van der Waals surface area contributed by atoms with E-state index in [-0.39, 0.29) is 31.3 Å². The Hall–Kier alpha value is -3.22. The molecule has 148 valence electrons. The van der Waals surface area contributed by atoms with Crippen molar-refractivity contribution in [1.82, 2.24) is 9.80 Å². The molecule has 0 unspecified atom stereocenters. The molecule has 0 aliphatic heterocycles. The molecule has 0 aromatic heterocycles. The number of amides is 2. The quantitative estimate of drug-likeness (QED) is 0.719. The second-order valence-electron chi connectivity index (χ2n) is 6.45. The summed E-state index contributed by atoms with van der Waals surface area (Å²) in [6.07, 6.45) is 0.000881. The van der Waals surface area contributed by atoms with Crippen LogP contribution in [0.4, 0.5) is 4.39 Å². The second-order valence-corrected chi connectivity index (χ2v) is 6.45. The van der Waals surface area contributed by atoms with Crippen molar-refractivity contribution in [1.29, 1.82) is 0 Å². The number of aliphatic carboxylic acids is 1. The molecule has 0 bridgehead atoms. The molecule has 0 radical (unpaired) electrons. The predicted molar refractivity (Wildman–Crippen MR) is 102 cm³/mol. The van der Waals surface area contributed by atoms with E-state index >= 15 is 0 Å². The van der Waals surface area contributed by atoms with Gasteiger partial charge in [-0.1, -0.05) is 42.5 Å². The van der Waals surface area contributed by atoms with Crippen LogP contribution in [0.1, 0.15) is 24.5 Å². The number of carboxylic acid groups (broad SMARTS) is 1. The van der Waals surface area contributed by atoms with Crippen LogP contribution >= 0.6 is 0 Å². The van der Waals surface area contributed by atoms with E-state index in [1.54, 1.807) is 4.90 Å². The molecule has 0 fully saturated rings. The van der Waals surface area contributed by atoms with Crippen molar-refractivity contribution >= 4 is 17.8 Å². The van der Waals surface area contributed by atoms with Gasteiger partial charge in [-0.25, -0.2) is 4.39 Å². The number of rotatable bonds is 9. The minimum Gasteiger partial charge on any atom is -0.480 e. The maximum absolute atomic E-state index is 13.0. The fourth-order valence-corrected chi connectivity index (χ4v) is 2.75. The molecule has 2 amide bonds. The SMILES string of the molecule is CC(=O)N(CCC(=O)N(CC(=O)O)Cc1ccc(F)cc1)Cc1ccccc1. The normalized spacial score (nSPS) is 10.4. The minimum absolute atomic E-state index is 0.000881. The Morgan fingerprint density at radius 2 is 1.46 bits per heavy atom. The van der Waals surface area contributed by atoms with Gasteiger partial charge in [-0.15, -0.1) is 0 Å². The molecule has 0 saturated heterocycles. The fourth-order valence-electron chi connectivity index (χ4n) is 2.75. The zero-order chi connectivity index (χ0) is 20.5. The van der Waals surface area contributed by atoms with Crippen molar-refractivity contribution in [2.75, 3.05) is 13.1 Å². The molecular weight excluding hydrogens is 363 g/mol. The number of carbonyl (C=O) groups is 3. The van der Waals surface area contributed by atoms with Crippen LogP contribution in [0, 0.1) is 5.82 Å². The summed E-state index contributed by atoms with van der Waals surface area (Å²) in [5, 5.41) is 9.10. The van der Waals surface area contributed by atoms with Crippen LogP contribution in [0.5, 0.6) is 0 Å². The first kappa shape index (κ1) is 21.1. The summed E-state index contributed by atoms with van der Waals surface area (Å²) in [6, 6.07) is 14.9. The molecule has 1 N–H and O–H groups in total. The minimum atomic E-state index is -1.14. The van der Waals surface area contributed by atoms with Gasteiger partial charge in [0.2, 0.25) is 11.8 Å². The highest BCUT2D eigenvalue weighted by Crippen LogP contribution is 2.10. The average Bonchev–Trinajstić information content (AvgIpc) is 2.66. The van der Waals surface area contributed by atoms with Crippen molar-refractivity contribution in [3.05, 3.63) is 71.5 Å². The molecule has 0 atom stereocenters. The van der Waals surface area contributed by atoms with Gasteiger partial charge in [0.05, 0.1) is 0 Å². The van der Waals surface area contributed by atoms with Gasteiger partial charge < -0.3 is 14.9 Å². The van der Waals surface area contributed by atoms with Gasteiger partial charge >= 0.3 is 5.97 Å². The van der Waals surface area contributed by atoms with Gasteiger partial charge in [0.25, 0.3) is 0 Å². The zero-order valence-electron chi connectivity index (χ0n) is 15.7. The van der Waals surface area contributed by atoms with Crippen molar-refractivity contribution in [2.45, 2.75) is 26.4 Å². The smallest absolute Gasteiger partial charge is 0.323 e. The Morgan fingerprint density at radius 1 is 0.893 bits per heavy atom. The van der Waals surface area contributed by atoms with Crippen LogP contribution in [0.25, 0.3) is 0 Å². The van der Waals surface area contributed by atoms with Crippen molar-refractivity contribution in [3.8, 4) is 0 Å². The van der Waals surface area contributed by atoms with Gasteiger partial charge in [0.1, 0.15) is 12.4 Å². The Labute approximate surface area is 163 Å². The Bertz CT molecular complexity index is 809. The molecule has 28 heavy (non-hydrogen) atoms. The van der Waals surface area contributed by atoms with E-state index in [4.69, 9.17) is 5.11 Å². The monoisotopic (exact) mass is 386 g/mol. The van der Waals surface area contributed by atoms with Crippen molar-refractivity contribution in [2.24, 2.45) is 0 Å². The van der Waals surface area contributed by atoms with Crippen molar-refractivity contribution < 1.29 is 23.9 Å². The highest BCUT2D eigenvalue weighted by molar-refractivity contribution is 5.82. The van der Waals surface area contributed by atoms with Gasteiger partial charge in [-0.2, -0.15) is 0 Å². The van der Waals surface area contributed by atoms with E-state index < -0.39 is 18.3 Å². The standard InChI is InChI=1S/C21H23FN2O4/c1-16(25)23(13-17-5-3-2-4-6-17)12-11-20(26)24(15-21(27)28)14-18-7-9-19(22)10-8-18/h2-10H,11-15H2,1H3,(H,27,28). The van der Waals surface area contributed by atoms with Crippen LogP contribution in [-0.2, 0) is 27.5 Å². The topological polar surface area (TPSA) is 77.9 Å². The summed E-state index contributed by atoms with van der Waals surface area (Å²) in [7, 11) is 0. The number of hydrogen-bond donors (Lipinski definition) is 1. The molecule has 2 aromatic carbocycles. The molecule has 2 rings (SSSR count). The number of benzene rings is 2. The third-order valence-electron chi connectivity index (χ3n) is 4.22. The zero-order valence-corrected chi connectivity index (χ0v) is 15.7. The molecule has 2 aromatic rings. The molecule has 6 nitrogen and oxygen atoms in total. The molecule has 7 heteroatoms. The summed E-state index contributed by atoms with van der Waals surface area (Å²) in [6.45, 7) is 1.59. The predicted octanol–water partition coefficient (Wildman–Crippen LogP) is 2.68. The van der Waals surface area contributed by atoms with Gasteiger partial charge in [0, 0.05) is 33.0 Å². The largest absolute Gasteiger partial charge is 0.480 e. The van der Waals surface area contributed by atoms with Crippen LogP contribution in [0.15, 0.2) is 54.6 Å². The molecule has 0 aliphatic carbocycles. The fraction of sp³-hybridized carbons (Fsp3) is 0.286.